The summed E-state index contributed by atoms with van der Waals surface area (Å²) in [5, 5.41) is 0.413. The zero-order valence-corrected chi connectivity index (χ0v) is 11.5. The van der Waals surface area contributed by atoms with Crippen LogP contribution in [-0.4, -0.2) is 53.4 Å². The number of likely N-dealkylation sites (N-methyl/N-ethyl adjacent to an activating group) is 1. The molecule has 0 N–H and O–H groups in total. The van der Waals surface area contributed by atoms with Gasteiger partial charge in [0.2, 0.25) is 0 Å². The van der Waals surface area contributed by atoms with Gasteiger partial charge in [0.1, 0.15) is 5.15 Å². The van der Waals surface area contributed by atoms with Gasteiger partial charge in [-0.2, -0.15) is 0 Å². The molecule has 0 aromatic carbocycles. The Balaban J connectivity index is 2.07. The molecule has 1 aliphatic rings. The molecule has 0 spiro atoms. The highest BCUT2D eigenvalue weighted by Gasteiger charge is 2.26. The van der Waals surface area contributed by atoms with Crippen LogP contribution in [0, 0.1) is 0 Å². The summed E-state index contributed by atoms with van der Waals surface area (Å²) in [6.07, 6.45) is 2.60. The summed E-state index contributed by atoms with van der Waals surface area (Å²) in [6, 6.07) is 3.84. The van der Waals surface area contributed by atoms with Crippen molar-refractivity contribution in [2.45, 2.75) is 19.4 Å². The van der Waals surface area contributed by atoms with E-state index in [-0.39, 0.29) is 5.91 Å². The predicted molar refractivity (Wildman–Crippen MR) is 71.9 cm³/mol. The van der Waals surface area contributed by atoms with Crippen molar-refractivity contribution in [1.29, 1.82) is 0 Å². The lowest BCUT2D eigenvalue weighted by Crippen LogP contribution is -2.52. The number of aromatic nitrogens is 1. The van der Waals surface area contributed by atoms with Gasteiger partial charge in [-0.15, -0.1) is 0 Å². The molecule has 1 unspecified atom stereocenters. The van der Waals surface area contributed by atoms with Crippen LogP contribution in [0.1, 0.15) is 23.7 Å². The van der Waals surface area contributed by atoms with E-state index in [9.17, 15) is 4.79 Å². The topological polar surface area (TPSA) is 36.4 Å². The maximum absolute atomic E-state index is 12.3. The molecular formula is C13H18ClN3O. The number of hydrogen-bond donors (Lipinski definition) is 0. The zero-order chi connectivity index (χ0) is 13.1. The zero-order valence-electron chi connectivity index (χ0n) is 10.8. The van der Waals surface area contributed by atoms with Crippen molar-refractivity contribution in [3.63, 3.8) is 0 Å². The molecule has 0 aliphatic carbocycles. The molecule has 0 radical (unpaired) electrons. The van der Waals surface area contributed by atoms with Crippen LogP contribution < -0.4 is 0 Å². The highest BCUT2D eigenvalue weighted by molar-refractivity contribution is 6.29. The molecule has 1 atom stereocenters. The van der Waals surface area contributed by atoms with Gasteiger partial charge >= 0.3 is 0 Å². The fourth-order valence-corrected chi connectivity index (χ4v) is 2.37. The van der Waals surface area contributed by atoms with Gasteiger partial charge in [-0.1, -0.05) is 18.5 Å². The SMILES string of the molecule is CCC1CN(C(=O)c2ccc(Cl)nc2)CCN1C. The Morgan fingerprint density at radius 2 is 2.28 bits per heavy atom. The number of carbonyl (C=O) groups is 1. The lowest BCUT2D eigenvalue weighted by molar-refractivity contribution is 0.0541. The Kier molecular flexibility index (Phi) is 4.19. The number of piperazine rings is 1. The second-order valence-electron chi connectivity index (χ2n) is 4.66. The highest BCUT2D eigenvalue weighted by atomic mass is 35.5. The molecule has 1 aromatic heterocycles. The molecule has 0 bridgehead atoms. The molecular weight excluding hydrogens is 250 g/mol. The van der Waals surface area contributed by atoms with Crippen LogP contribution in [0.5, 0.6) is 0 Å². The van der Waals surface area contributed by atoms with E-state index in [2.05, 4.69) is 23.9 Å². The van der Waals surface area contributed by atoms with Gasteiger partial charge in [0.05, 0.1) is 5.56 Å². The second kappa shape index (κ2) is 5.67. The lowest BCUT2D eigenvalue weighted by Gasteiger charge is -2.39. The van der Waals surface area contributed by atoms with Gasteiger partial charge < -0.3 is 4.90 Å². The average Bonchev–Trinajstić information content (AvgIpc) is 2.39. The van der Waals surface area contributed by atoms with Crippen molar-refractivity contribution < 1.29 is 4.79 Å². The number of rotatable bonds is 2. The molecule has 2 heterocycles. The number of halogens is 1. The van der Waals surface area contributed by atoms with Crippen LogP contribution in [0.15, 0.2) is 18.3 Å². The Hall–Kier alpha value is -1.13. The van der Waals surface area contributed by atoms with Crippen molar-refractivity contribution in [3.05, 3.63) is 29.0 Å². The Labute approximate surface area is 113 Å². The van der Waals surface area contributed by atoms with Crippen LogP contribution in [0.25, 0.3) is 0 Å². The monoisotopic (exact) mass is 267 g/mol. The molecule has 1 fully saturated rings. The summed E-state index contributed by atoms with van der Waals surface area (Å²) in [6.45, 7) is 4.63. The molecule has 5 heteroatoms. The van der Waals surface area contributed by atoms with Gasteiger partial charge in [0, 0.05) is 31.9 Å². The number of carbonyl (C=O) groups excluding carboxylic acids is 1. The van der Waals surface area contributed by atoms with Crippen molar-refractivity contribution in [2.75, 3.05) is 26.7 Å². The number of amides is 1. The van der Waals surface area contributed by atoms with E-state index in [1.165, 1.54) is 0 Å². The molecule has 1 amide bonds. The largest absolute Gasteiger partial charge is 0.336 e. The van der Waals surface area contributed by atoms with E-state index >= 15 is 0 Å². The van der Waals surface area contributed by atoms with Crippen molar-refractivity contribution >= 4 is 17.5 Å². The third-order valence-corrected chi connectivity index (χ3v) is 3.73. The van der Waals surface area contributed by atoms with E-state index in [0.717, 1.165) is 26.1 Å². The lowest BCUT2D eigenvalue weighted by atomic mass is 10.1. The first-order valence-electron chi connectivity index (χ1n) is 6.23. The fraction of sp³-hybridized carbons (Fsp3) is 0.538. The predicted octanol–water partition coefficient (Wildman–Crippen LogP) is 1.90. The first kappa shape index (κ1) is 13.3. The highest BCUT2D eigenvalue weighted by Crippen LogP contribution is 2.14. The molecule has 98 valence electrons. The van der Waals surface area contributed by atoms with Crippen molar-refractivity contribution in [2.24, 2.45) is 0 Å². The van der Waals surface area contributed by atoms with Crippen molar-refractivity contribution in [3.8, 4) is 0 Å². The van der Waals surface area contributed by atoms with Gasteiger partial charge in [-0.25, -0.2) is 4.98 Å². The standard InChI is InChI=1S/C13H18ClN3O/c1-3-11-9-17(7-6-16(11)2)13(18)10-4-5-12(14)15-8-10/h4-5,8,11H,3,6-7,9H2,1-2H3. The maximum atomic E-state index is 12.3. The maximum Gasteiger partial charge on any atom is 0.255 e. The Morgan fingerprint density at radius 3 is 2.89 bits per heavy atom. The molecule has 4 nitrogen and oxygen atoms in total. The van der Waals surface area contributed by atoms with Crippen molar-refractivity contribution in [1.82, 2.24) is 14.8 Å². The van der Waals surface area contributed by atoms with Crippen LogP contribution in [0.3, 0.4) is 0 Å². The second-order valence-corrected chi connectivity index (χ2v) is 5.05. The first-order valence-corrected chi connectivity index (χ1v) is 6.60. The summed E-state index contributed by atoms with van der Waals surface area (Å²) in [5.41, 5.74) is 0.610. The minimum atomic E-state index is 0.0470. The number of hydrogen-bond acceptors (Lipinski definition) is 3. The molecule has 1 saturated heterocycles. The Morgan fingerprint density at radius 1 is 1.50 bits per heavy atom. The number of nitrogens with zero attached hydrogens (tertiary/aromatic N) is 3. The third kappa shape index (κ3) is 2.82. The van der Waals surface area contributed by atoms with Crippen LogP contribution >= 0.6 is 11.6 Å². The normalized spacial score (nSPS) is 21.1. The van der Waals surface area contributed by atoms with Crippen LogP contribution in [0.2, 0.25) is 5.15 Å². The van der Waals surface area contributed by atoms with Gasteiger partial charge in [-0.3, -0.25) is 9.69 Å². The summed E-state index contributed by atoms with van der Waals surface area (Å²) in [4.78, 5) is 20.5. The van der Waals surface area contributed by atoms with Gasteiger partial charge in [0.25, 0.3) is 5.91 Å². The minimum absolute atomic E-state index is 0.0470. The summed E-state index contributed by atoms with van der Waals surface area (Å²) >= 11 is 5.72. The Bertz CT molecular complexity index is 421. The average molecular weight is 268 g/mol. The van der Waals surface area contributed by atoms with Crippen LogP contribution in [-0.2, 0) is 0 Å². The van der Waals surface area contributed by atoms with E-state index in [1.807, 2.05) is 4.90 Å². The summed E-state index contributed by atoms with van der Waals surface area (Å²) in [7, 11) is 2.11. The molecule has 18 heavy (non-hydrogen) atoms. The molecule has 0 saturated carbocycles. The van der Waals surface area contributed by atoms with E-state index in [1.54, 1.807) is 18.3 Å². The van der Waals surface area contributed by atoms with Gasteiger partial charge in [-0.05, 0) is 25.6 Å². The molecule has 1 aromatic rings. The van der Waals surface area contributed by atoms with Gasteiger partial charge in [0.15, 0.2) is 0 Å². The van der Waals surface area contributed by atoms with E-state index < -0.39 is 0 Å². The third-order valence-electron chi connectivity index (χ3n) is 3.51. The summed E-state index contributed by atoms with van der Waals surface area (Å²) in [5.74, 6) is 0.0470. The van der Waals surface area contributed by atoms with E-state index in [0.29, 0.717) is 16.8 Å². The fourth-order valence-electron chi connectivity index (χ4n) is 2.26. The molecule has 2 rings (SSSR count). The first-order chi connectivity index (χ1) is 8.61. The minimum Gasteiger partial charge on any atom is -0.336 e. The van der Waals surface area contributed by atoms with Crippen LogP contribution in [0.4, 0.5) is 0 Å². The number of pyridine rings is 1. The van der Waals surface area contributed by atoms with E-state index in [4.69, 9.17) is 11.6 Å². The summed E-state index contributed by atoms with van der Waals surface area (Å²) < 4.78 is 0. The quantitative estimate of drug-likeness (QED) is 0.768. The molecule has 1 aliphatic heterocycles. The smallest absolute Gasteiger partial charge is 0.255 e.